The quantitative estimate of drug-likeness (QED) is 0.452. The monoisotopic (exact) mass is 490 g/mol. The third-order valence-electron chi connectivity index (χ3n) is 6.87. The van der Waals surface area contributed by atoms with Crippen LogP contribution < -0.4 is 20.7 Å². The molecule has 180 valence electrons. The fourth-order valence-corrected chi connectivity index (χ4v) is 6.15. The summed E-state index contributed by atoms with van der Waals surface area (Å²) < 4.78 is 5.25. The number of nitrogens with two attached hydrogens (primary N) is 1. The van der Waals surface area contributed by atoms with Gasteiger partial charge in [0.1, 0.15) is 5.75 Å². The van der Waals surface area contributed by atoms with E-state index in [0.717, 1.165) is 10.9 Å². The molecule has 7 nitrogen and oxygen atoms in total. The molecule has 2 aliphatic rings. The van der Waals surface area contributed by atoms with Gasteiger partial charge < -0.3 is 20.7 Å². The SMILES string of the molecule is COc1ccc(Nc2nc(N)nc(N(C3CCCCCC3)C3CCC(SC)CC3)n2)cc1Cl. The van der Waals surface area contributed by atoms with E-state index in [4.69, 9.17) is 27.1 Å². The first-order chi connectivity index (χ1) is 16.1. The summed E-state index contributed by atoms with van der Waals surface area (Å²) in [7, 11) is 1.60. The summed E-state index contributed by atoms with van der Waals surface area (Å²) in [5, 5.41) is 4.54. The van der Waals surface area contributed by atoms with Crippen molar-refractivity contribution in [3.8, 4) is 5.75 Å². The Morgan fingerprint density at radius 3 is 2.33 bits per heavy atom. The summed E-state index contributed by atoms with van der Waals surface area (Å²) in [6.45, 7) is 0. The van der Waals surface area contributed by atoms with Gasteiger partial charge in [0.05, 0.1) is 12.1 Å². The summed E-state index contributed by atoms with van der Waals surface area (Å²) in [6.07, 6.45) is 14.6. The molecule has 0 bridgehead atoms. The molecular weight excluding hydrogens is 456 g/mol. The van der Waals surface area contributed by atoms with Crippen LogP contribution in [-0.2, 0) is 0 Å². The van der Waals surface area contributed by atoms with Crippen molar-refractivity contribution in [2.45, 2.75) is 81.5 Å². The summed E-state index contributed by atoms with van der Waals surface area (Å²) in [5.74, 6) is 2.00. The van der Waals surface area contributed by atoms with Gasteiger partial charge in [-0.3, -0.25) is 0 Å². The van der Waals surface area contributed by atoms with Gasteiger partial charge in [0.25, 0.3) is 0 Å². The molecule has 0 amide bonds. The number of ether oxygens (including phenoxy) is 1. The lowest BCUT2D eigenvalue weighted by Gasteiger charge is -2.41. The molecule has 2 aliphatic carbocycles. The zero-order valence-electron chi connectivity index (χ0n) is 19.6. The van der Waals surface area contributed by atoms with Crippen LogP contribution in [0.3, 0.4) is 0 Å². The number of nitrogens with zero attached hydrogens (tertiary/aromatic N) is 4. The number of thioether (sulfide) groups is 1. The second-order valence-electron chi connectivity index (χ2n) is 9.01. The van der Waals surface area contributed by atoms with Gasteiger partial charge in [-0.2, -0.15) is 26.7 Å². The van der Waals surface area contributed by atoms with Crippen molar-refractivity contribution in [2.24, 2.45) is 0 Å². The van der Waals surface area contributed by atoms with Gasteiger partial charge in [-0.05, 0) is 63.0 Å². The molecule has 1 aromatic carbocycles. The first-order valence-electron chi connectivity index (χ1n) is 12.0. The van der Waals surface area contributed by atoms with Crippen LogP contribution in [0.2, 0.25) is 5.02 Å². The second-order valence-corrected chi connectivity index (χ2v) is 10.6. The molecular formula is C24H35ClN6OS. The van der Waals surface area contributed by atoms with Crippen LogP contribution in [0.15, 0.2) is 18.2 Å². The standard InChI is InChI=1S/C24H35ClN6OS/c1-32-21-14-9-16(15-20(21)25)27-23-28-22(26)29-24(30-23)31(17-7-5-3-4-6-8-17)18-10-12-19(33-2)13-11-18/h9,14-15,17-19H,3-8,10-13H2,1-2H3,(H3,26,27,28,29,30). The number of methoxy groups -OCH3 is 1. The highest BCUT2D eigenvalue weighted by Crippen LogP contribution is 2.36. The molecule has 0 aliphatic heterocycles. The number of anilines is 4. The topological polar surface area (TPSA) is 89.2 Å². The lowest BCUT2D eigenvalue weighted by molar-refractivity contribution is 0.372. The molecule has 4 rings (SSSR count). The number of benzene rings is 1. The molecule has 2 aromatic rings. The van der Waals surface area contributed by atoms with Crippen molar-refractivity contribution in [3.63, 3.8) is 0 Å². The minimum absolute atomic E-state index is 0.235. The van der Waals surface area contributed by atoms with E-state index in [2.05, 4.69) is 26.4 Å². The van der Waals surface area contributed by atoms with Crippen LogP contribution in [-0.4, -0.2) is 45.7 Å². The fourth-order valence-electron chi connectivity index (χ4n) is 5.15. The van der Waals surface area contributed by atoms with Gasteiger partial charge in [-0.15, -0.1) is 0 Å². The van der Waals surface area contributed by atoms with Crippen LogP contribution in [0, 0.1) is 0 Å². The molecule has 1 aromatic heterocycles. The van der Waals surface area contributed by atoms with Crippen molar-refractivity contribution >= 4 is 46.9 Å². The van der Waals surface area contributed by atoms with E-state index in [1.54, 1.807) is 13.2 Å². The average Bonchev–Trinajstić information content (AvgIpc) is 3.09. The van der Waals surface area contributed by atoms with Crippen LogP contribution in [0.5, 0.6) is 5.75 Å². The second kappa shape index (κ2) is 11.5. The Bertz CT molecular complexity index is 916. The van der Waals surface area contributed by atoms with Gasteiger partial charge in [-0.25, -0.2) is 0 Å². The minimum atomic E-state index is 0.235. The largest absolute Gasteiger partial charge is 0.495 e. The zero-order chi connectivity index (χ0) is 23.2. The van der Waals surface area contributed by atoms with Crippen molar-refractivity contribution in [1.29, 1.82) is 0 Å². The normalized spacial score (nSPS) is 21.9. The Hall–Kier alpha value is -1.93. The minimum Gasteiger partial charge on any atom is -0.495 e. The lowest BCUT2D eigenvalue weighted by Crippen LogP contribution is -2.46. The van der Waals surface area contributed by atoms with Crippen LogP contribution in [0.25, 0.3) is 0 Å². The molecule has 3 N–H and O–H groups in total. The first kappa shape index (κ1) is 24.2. The summed E-state index contributed by atoms with van der Waals surface area (Å²) in [5.41, 5.74) is 6.96. The summed E-state index contributed by atoms with van der Waals surface area (Å²) in [4.78, 5) is 16.3. The molecule has 0 unspecified atom stereocenters. The average molecular weight is 491 g/mol. The number of aromatic nitrogens is 3. The Labute approximate surface area is 206 Å². The Balaban J connectivity index is 1.62. The Kier molecular flexibility index (Phi) is 8.41. The predicted molar refractivity (Wildman–Crippen MR) is 139 cm³/mol. The van der Waals surface area contributed by atoms with Crippen LogP contribution >= 0.6 is 23.4 Å². The highest BCUT2D eigenvalue weighted by atomic mass is 35.5. The third kappa shape index (κ3) is 6.15. The summed E-state index contributed by atoms with van der Waals surface area (Å²) >= 11 is 8.29. The van der Waals surface area contributed by atoms with E-state index in [1.807, 2.05) is 23.9 Å². The smallest absolute Gasteiger partial charge is 0.233 e. The maximum Gasteiger partial charge on any atom is 0.233 e. The number of nitrogens with one attached hydrogen (secondary N) is 1. The van der Waals surface area contributed by atoms with Crippen molar-refractivity contribution in [2.75, 3.05) is 29.3 Å². The lowest BCUT2D eigenvalue weighted by atomic mass is 9.91. The molecule has 9 heteroatoms. The van der Waals surface area contributed by atoms with Crippen molar-refractivity contribution < 1.29 is 4.74 Å². The third-order valence-corrected chi connectivity index (χ3v) is 8.30. The van der Waals surface area contributed by atoms with Crippen LogP contribution in [0.1, 0.15) is 64.2 Å². The maximum absolute atomic E-state index is 6.30. The zero-order valence-corrected chi connectivity index (χ0v) is 21.2. The van der Waals surface area contributed by atoms with Gasteiger partial charge in [0.2, 0.25) is 17.8 Å². The Morgan fingerprint density at radius 1 is 1.00 bits per heavy atom. The first-order valence-corrected chi connectivity index (χ1v) is 13.7. The van der Waals surface area contributed by atoms with E-state index in [0.29, 0.717) is 34.8 Å². The number of rotatable bonds is 7. The molecule has 0 radical (unpaired) electrons. The van der Waals surface area contributed by atoms with Gasteiger partial charge in [-0.1, -0.05) is 37.3 Å². The highest BCUT2D eigenvalue weighted by molar-refractivity contribution is 7.99. The van der Waals surface area contributed by atoms with E-state index in [1.165, 1.54) is 64.2 Å². The summed E-state index contributed by atoms with van der Waals surface area (Å²) in [6, 6.07) is 6.40. The van der Waals surface area contributed by atoms with E-state index in [9.17, 15) is 0 Å². The molecule has 0 spiro atoms. The molecule has 2 saturated carbocycles. The maximum atomic E-state index is 6.30. The molecule has 0 saturated heterocycles. The molecule has 0 atom stereocenters. The van der Waals surface area contributed by atoms with Gasteiger partial charge in [0.15, 0.2) is 0 Å². The Morgan fingerprint density at radius 2 is 1.70 bits per heavy atom. The molecule has 33 heavy (non-hydrogen) atoms. The number of nitrogen functional groups attached to an aromatic ring is 1. The highest BCUT2D eigenvalue weighted by Gasteiger charge is 2.33. The number of halogens is 1. The van der Waals surface area contributed by atoms with E-state index < -0.39 is 0 Å². The van der Waals surface area contributed by atoms with Gasteiger partial charge in [0, 0.05) is 23.0 Å². The van der Waals surface area contributed by atoms with Crippen molar-refractivity contribution in [1.82, 2.24) is 15.0 Å². The van der Waals surface area contributed by atoms with Crippen molar-refractivity contribution in [3.05, 3.63) is 23.2 Å². The molecule has 2 fully saturated rings. The fraction of sp³-hybridized carbons (Fsp3) is 0.625. The van der Waals surface area contributed by atoms with Crippen LogP contribution in [0.4, 0.5) is 23.5 Å². The van der Waals surface area contributed by atoms with E-state index >= 15 is 0 Å². The molecule has 1 heterocycles. The predicted octanol–water partition coefficient (Wildman–Crippen LogP) is 6.06. The van der Waals surface area contributed by atoms with E-state index in [-0.39, 0.29) is 5.95 Å². The van der Waals surface area contributed by atoms with Gasteiger partial charge >= 0.3 is 0 Å². The number of hydrogen-bond acceptors (Lipinski definition) is 8. The number of hydrogen-bond donors (Lipinski definition) is 2.